The maximum Gasteiger partial charge on any atom is 0.231 e. The zero-order chi connectivity index (χ0) is 18.3. The molecule has 2 aromatic rings. The van der Waals surface area contributed by atoms with E-state index in [2.05, 4.69) is 35.5 Å². The number of ether oxygens (including phenoxy) is 2. The quantitative estimate of drug-likeness (QED) is 0.842. The summed E-state index contributed by atoms with van der Waals surface area (Å²) in [5.41, 5.74) is 1.08. The van der Waals surface area contributed by atoms with Gasteiger partial charge < -0.3 is 18.9 Å². The second kappa shape index (κ2) is 6.63. The van der Waals surface area contributed by atoms with Crippen molar-refractivity contribution in [2.24, 2.45) is 0 Å². The molecule has 0 unspecified atom stereocenters. The van der Waals surface area contributed by atoms with Gasteiger partial charge in [0.25, 0.3) is 0 Å². The van der Waals surface area contributed by atoms with Gasteiger partial charge in [-0.05, 0) is 31.0 Å². The lowest BCUT2D eigenvalue weighted by molar-refractivity contribution is -0.133. The Kier molecular flexibility index (Phi) is 4.30. The van der Waals surface area contributed by atoms with Gasteiger partial charge in [-0.25, -0.2) is 0 Å². The van der Waals surface area contributed by atoms with Crippen LogP contribution in [-0.4, -0.2) is 38.9 Å². The maximum absolute atomic E-state index is 12.7. The third-order valence-corrected chi connectivity index (χ3v) is 4.98. The fraction of sp³-hybridized carbons (Fsp3) is 0.526. The van der Waals surface area contributed by atoms with Crippen LogP contribution >= 0.6 is 0 Å². The van der Waals surface area contributed by atoms with Crippen molar-refractivity contribution in [3.05, 3.63) is 35.4 Å². The van der Waals surface area contributed by atoms with Crippen LogP contribution in [0.15, 0.2) is 18.2 Å². The van der Waals surface area contributed by atoms with Crippen LogP contribution in [0, 0.1) is 0 Å². The number of nitrogens with zero attached hydrogens (tertiary/aromatic N) is 4. The van der Waals surface area contributed by atoms with Crippen molar-refractivity contribution in [2.75, 3.05) is 13.3 Å². The highest BCUT2D eigenvalue weighted by molar-refractivity contribution is 5.76. The predicted molar refractivity (Wildman–Crippen MR) is 95.1 cm³/mol. The summed E-state index contributed by atoms with van der Waals surface area (Å²) in [5.74, 6) is 3.88. The van der Waals surface area contributed by atoms with Gasteiger partial charge in [0, 0.05) is 18.9 Å². The summed E-state index contributed by atoms with van der Waals surface area (Å²) in [6.07, 6.45) is 1.15. The first-order valence-electron chi connectivity index (χ1n) is 9.13. The maximum atomic E-state index is 12.7. The van der Waals surface area contributed by atoms with Gasteiger partial charge in [-0.2, -0.15) is 0 Å². The number of aryl methyl sites for hydroxylation is 1. The molecule has 0 spiro atoms. The van der Waals surface area contributed by atoms with E-state index in [9.17, 15) is 4.79 Å². The first-order valence-corrected chi connectivity index (χ1v) is 9.13. The average molecular weight is 356 g/mol. The van der Waals surface area contributed by atoms with E-state index in [0.717, 1.165) is 28.7 Å². The molecular formula is C19H24N4O3. The molecule has 1 aromatic carbocycles. The molecule has 26 heavy (non-hydrogen) atoms. The van der Waals surface area contributed by atoms with Gasteiger partial charge in [0.1, 0.15) is 5.82 Å². The summed E-state index contributed by atoms with van der Waals surface area (Å²) >= 11 is 0. The Morgan fingerprint density at radius 1 is 1.27 bits per heavy atom. The lowest BCUT2D eigenvalue weighted by Gasteiger charge is -2.33. The van der Waals surface area contributed by atoms with Crippen molar-refractivity contribution in [2.45, 2.75) is 52.1 Å². The second-order valence-corrected chi connectivity index (χ2v) is 7.31. The molecule has 2 aliphatic heterocycles. The lowest BCUT2D eigenvalue weighted by Crippen LogP contribution is -2.41. The van der Waals surface area contributed by atoms with Gasteiger partial charge in [-0.15, -0.1) is 10.2 Å². The lowest BCUT2D eigenvalue weighted by atomic mass is 10.1. The van der Waals surface area contributed by atoms with E-state index in [1.807, 2.05) is 23.1 Å². The topological polar surface area (TPSA) is 69.5 Å². The van der Waals surface area contributed by atoms with Crippen LogP contribution in [0.25, 0.3) is 0 Å². The molecule has 0 saturated heterocycles. The molecule has 1 atom stereocenters. The molecule has 0 fully saturated rings. The molecular weight excluding hydrogens is 332 g/mol. The summed E-state index contributed by atoms with van der Waals surface area (Å²) in [6.45, 7) is 7.85. The van der Waals surface area contributed by atoms with Gasteiger partial charge in [0.05, 0.1) is 12.6 Å². The van der Waals surface area contributed by atoms with Crippen LogP contribution in [0.2, 0.25) is 0 Å². The standard InChI is InChI=1S/C19H24N4O3/c1-12(2)19-21-20-17-10-22(9-13(3)23(17)19)18(24)7-5-14-4-6-15-16(8-14)26-11-25-15/h4,6,8,12-13H,5,7,9-11H2,1-3H3/t13-/m0/s1. The van der Waals surface area contributed by atoms with E-state index < -0.39 is 0 Å². The van der Waals surface area contributed by atoms with Gasteiger partial charge in [0.15, 0.2) is 17.3 Å². The number of fused-ring (bicyclic) bond motifs is 2. The Balaban J connectivity index is 1.41. The minimum Gasteiger partial charge on any atom is -0.454 e. The highest BCUT2D eigenvalue weighted by Gasteiger charge is 2.29. The largest absolute Gasteiger partial charge is 0.454 e. The summed E-state index contributed by atoms with van der Waals surface area (Å²) in [5, 5.41) is 8.62. The number of benzene rings is 1. The minimum absolute atomic E-state index is 0.148. The van der Waals surface area contributed by atoms with Crippen molar-refractivity contribution in [3.8, 4) is 11.5 Å². The molecule has 0 radical (unpaired) electrons. The van der Waals surface area contributed by atoms with Crippen molar-refractivity contribution in [1.82, 2.24) is 19.7 Å². The van der Waals surface area contributed by atoms with Crippen LogP contribution in [0.5, 0.6) is 11.5 Å². The molecule has 0 aliphatic carbocycles. The molecule has 7 nitrogen and oxygen atoms in total. The monoisotopic (exact) mass is 356 g/mol. The minimum atomic E-state index is 0.148. The van der Waals surface area contributed by atoms with Crippen molar-refractivity contribution >= 4 is 5.91 Å². The summed E-state index contributed by atoms with van der Waals surface area (Å²) < 4.78 is 12.9. The van der Waals surface area contributed by atoms with Crippen LogP contribution in [0.4, 0.5) is 0 Å². The summed E-state index contributed by atoms with van der Waals surface area (Å²) in [6, 6.07) is 6.05. The molecule has 3 heterocycles. The zero-order valence-electron chi connectivity index (χ0n) is 15.4. The summed E-state index contributed by atoms with van der Waals surface area (Å²) in [4.78, 5) is 14.6. The molecule has 1 aromatic heterocycles. The van der Waals surface area contributed by atoms with Crippen molar-refractivity contribution in [1.29, 1.82) is 0 Å². The highest BCUT2D eigenvalue weighted by atomic mass is 16.7. The van der Waals surface area contributed by atoms with E-state index >= 15 is 0 Å². The van der Waals surface area contributed by atoms with Gasteiger partial charge in [0.2, 0.25) is 12.7 Å². The van der Waals surface area contributed by atoms with E-state index in [4.69, 9.17) is 9.47 Å². The van der Waals surface area contributed by atoms with Crippen LogP contribution in [0.3, 0.4) is 0 Å². The Morgan fingerprint density at radius 3 is 2.88 bits per heavy atom. The third-order valence-electron chi connectivity index (χ3n) is 4.98. The fourth-order valence-electron chi connectivity index (χ4n) is 3.65. The molecule has 0 saturated carbocycles. The summed E-state index contributed by atoms with van der Waals surface area (Å²) in [7, 11) is 0. The number of hydrogen-bond donors (Lipinski definition) is 0. The normalized spacial score (nSPS) is 18.3. The zero-order valence-corrected chi connectivity index (χ0v) is 15.4. The molecule has 0 N–H and O–H groups in total. The molecule has 2 aliphatic rings. The van der Waals surface area contributed by atoms with Crippen LogP contribution in [0.1, 0.15) is 56.4 Å². The van der Waals surface area contributed by atoms with Crippen molar-refractivity contribution < 1.29 is 14.3 Å². The highest BCUT2D eigenvalue weighted by Crippen LogP contribution is 2.33. The number of carbonyl (C=O) groups is 1. The number of rotatable bonds is 4. The van der Waals surface area contributed by atoms with Gasteiger partial charge in [-0.3, -0.25) is 4.79 Å². The Morgan fingerprint density at radius 2 is 2.08 bits per heavy atom. The second-order valence-electron chi connectivity index (χ2n) is 7.31. The fourth-order valence-corrected chi connectivity index (χ4v) is 3.65. The van der Waals surface area contributed by atoms with E-state index in [1.165, 1.54) is 0 Å². The Bertz CT molecular complexity index is 830. The van der Waals surface area contributed by atoms with E-state index in [1.54, 1.807) is 0 Å². The smallest absolute Gasteiger partial charge is 0.231 e. The molecule has 4 rings (SSSR count). The third kappa shape index (κ3) is 3.02. The number of aromatic nitrogens is 3. The first kappa shape index (κ1) is 16.9. The first-order chi connectivity index (χ1) is 12.5. The average Bonchev–Trinajstić information content (AvgIpc) is 3.25. The molecule has 138 valence electrons. The van der Waals surface area contributed by atoms with Crippen LogP contribution in [-0.2, 0) is 17.8 Å². The van der Waals surface area contributed by atoms with Gasteiger partial charge in [-0.1, -0.05) is 19.9 Å². The number of amides is 1. The molecule has 7 heteroatoms. The number of hydrogen-bond acceptors (Lipinski definition) is 5. The van der Waals surface area contributed by atoms with E-state index in [0.29, 0.717) is 31.8 Å². The Labute approximate surface area is 152 Å². The molecule has 1 amide bonds. The van der Waals surface area contributed by atoms with Crippen LogP contribution < -0.4 is 9.47 Å². The Hall–Kier alpha value is -2.57. The van der Waals surface area contributed by atoms with Gasteiger partial charge >= 0.3 is 0 Å². The SMILES string of the molecule is CC(C)c1nnc2n1[C@@H](C)CN(C(=O)CCc1ccc3c(c1)OCO3)C2. The number of carbonyl (C=O) groups excluding carboxylic acids is 1. The predicted octanol–water partition coefficient (Wildman–Crippen LogP) is 2.67. The van der Waals surface area contributed by atoms with Crippen molar-refractivity contribution in [3.63, 3.8) is 0 Å². The van der Waals surface area contributed by atoms with E-state index in [-0.39, 0.29) is 18.7 Å². The molecule has 0 bridgehead atoms.